The second kappa shape index (κ2) is 4.43. The van der Waals surface area contributed by atoms with Gasteiger partial charge in [0.1, 0.15) is 0 Å². The number of aryl methyl sites for hydroxylation is 1. The van der Waals surface area contributed by atoms with E-state index >= 15 is 0 Å². The van der Waals surface area contributed by atoms with Gasteiger partial charge in [-0.05, 0) is 36.1 Å². The van der Waals surface area contributed by atoms with Gasteiger partial charge in [-0.25, -0.2) is 0 Å². The molecule has 0 heterocycles. The third kappa shape index (κ3) is 2.00. The molecule has 0 spiro atoms. The molecule has 0 saturated heterocycles. The van der Waals surface area contributed by atoms with Crippen molar-refractivity contribution in [3.63, 3.8) is 0 Å². The molecule has 0 aliphatic heterocycles. The smallest absolute Gasteiger partial charge is 0.0556 e. The summed E-state index contributed by atoms with van der Waals surface area (Å²) in [4.78, 5) is 0. The Bertz CT molecular complexity index is 327. The van der Waals surface area contributed by atoms with Crippen LogP contribution >= 0.6 is 15.9 Å². The van der Waals surface area contributed by atoms with Gasteiger partial charge in [0.2, 0.25) is 0 Å². The van der Waals surface area contributed by atoms with Gasteiger partial charge >= 0.3 is 0 Å². The Morgan fingerprint density at radius 1 is 1.50 bits per heavy atom. The molecular weight excluding hydrogens is 242 g/mol. The summed E-state index contributed by atoms with van der Waals surface area (Å²) in [5, 5.41) is 12.1. The van der Waals surface area contributed by atoms with E-state index in [2.05, 4.69) is 39.4 Å². The van der Waals surface area contributed by atoms with E-state index in [-0.39, 0.29) is 6.61 Å². The highest BCUT2D eigenvalue weighted by atomic mass is 79.9. The fourth-order valence-electron chi connectivity index (χ4n) is 2.02. The fraction of sp³-hybridized carbons (Fsp3) is 0.455. The van der Waals surface area contributed by atoms with Gasteiger partial charge in [0.05, 0.1) is 6.61 Å². The molecule has 3 heteroatoms. The second-order valence-corrected chi connectivity index (χ2v) is 4.53. The minimum Gasteiger partial charge on any atom is -0.395 e. The topological polar surface area (TPSA) is 32.3 Å². The van der Waals surface area contributed by atoms with Crippen LogP contribution in [0.2, 0.25) is 0 Å². The van der Waals surface area contributed by atoms with Crippen molar-refractivity contribution in [1.82, 2.24) is 5.32 Å². The Balaban J connectivity index is 2.16. The quantitative estimate of drug-likeness (QED) is 0.867. The summed E-state index contributed by atoms with van der Waals surface area (Å²) >= 11 is 3.48. The van der Waals surface area contributed by atoms with Crippen molar-refractivity contribution in [2.24, 2.45) is 0 Å². The van der Waals surface area contributed by atoms with Crippen LogP contribution in [0.25, 0.3) is 0 Å². The largest absolute Gasteiger partial charge is 0.395 e. The Morgan fingerprint density at radius 3 is 3.14 bits per heavy atom. The van der Waals surface area contributed by atoms with Crippen LogP contribution in [0.4, 0.5) is 0 Å². The van der Waals surface area contributed by atoms with Crippen LogP contribution in [0.5, 0.6) is 0 Å². The molecule has 1 aromatic carbocycles. The molecule has 14 heavy (non-hydrogen) atoms. The van der Waals surface area contributed by atoms with Gasteiger partial charge in [0.25, 0.3) is 0 Å². The second-order valence-electron chi connectivity index (χ2n) is 3.61. The van der Waals surface area contributed by atoms with Gasteiger partial charge in [0.15, 0.2) is 0 Å². The van der Waals surface area contributed by atoms with Gasteiger partial charge in [-0.1, -0.05) is 22.0 Å². The SMILES string of the molecule is OCCNC1CCc2ccc(Br)cc21. The average molecular weight is 256 g/mol. The maximum atomic E-state index is 8.76. The van der Waals surface area contributed by atoms with E-state index in [1.54, 1.807) is 0 Å². The molecule has 2 nitrogen and oxygen atoms in total. The minimum absolute atomic E-state index is 0.208. The van der Waals surface area contributed by atoms with Crippen molar-refractivity contribution in [3.8, 4) is 0 Å². The highest BCUT2D eigenvalue weighted by Gasteiger charge is 2.21. The first-order chi connectivity index (χ1) is 6.81. The lowest BCUT2D eigenvalue weighted by molar-refractivity contribution is 0.284. The molecule has 1 aromatic rings. The Labute approximate surface area is 92.5 Å². The van der Waals surface area contributed by atoms with E-state index in [9.17, 15) is 0 Å². The molecule has 0 radical (unpaired) electrons. The molecule has 1 aliphatic rings. The highest BCUT2D eigenvalue weighted by Crippen LogP contribution is 2.32. The van der Waals surface area contributed by atoms with E-state index in [0.29, 0.717) is 12.6 Å². The standard InChI is InChI=1S/C11H14BrNO/c12-9-3-1-8-2-4-11(10(8)7-9)13-5-6-14/h1,3,7,11,13-14H,2,4-6H2. The number of fused-ring (bicyclic) bond motifs is 1. The summed E-state index contributed by atoms with van der Waals surface area (Å²) < 4.78 is 1.13. The van der Waals surface area contributed by atoms with Crippen LogP contribution in [0.15, 0.2) is 22.7 Å². The highest BCUT2D eigenvalue weighted by molar-refractivity contribution is 9.10. The Hall–Kier alpha value is -0.380. The van der Waals surface area contributed by atoms with Crippen LogP contribution in [-0.4, -0.2) is 18.3 Å². The number of halogens is 1. The maximum Gasteiger partial charge on any atom is 0.0556 e. The van der Waals surface area contributed by atoms with Crippen molar-refractivity contribution >= 4 is 15.9 Å². The van der Waals surface area contributed by atoms with Gasteiger partial charge < -0.3 is 10.4 Å². The zero-order chi connectivity index (χ0) is 9.97. The third-order valence-corrected chi connectivity index (χ3v) is 3.18. The van der Waals surface area contributed by atoms with Crippen LogP contribution in [0, 0.1) is 0 Å². The molecular formula is C11H14BrNO. The lowest BCUT2D eigenvalue weighted by Crippen LogP contribution is -2.22. The first kappa shape index (κ1) is 10.1. The van der Waals surface area contributed by atoms with Crippen molar-refractivity contribution in [1.29, 1.82) is 0 Å². The first-order valence-electron chi connectivity index (χ1n) is 4.94. The fourth-order valence-corrected chi connectivity index (χ4v) is 2.40. The van der Waals surface area contributed by atoms with Gasteiger partial charge in [-0.2, -0.15) is 0 Å². The molecule has 0 aromatic heterocycles. The molecule has 76 valence electrons. The molecule has 1 unspecified atom stereocenters. The van der Waals surface area contributed by atoms with Crippen LogP contribution < -0.4 is 5.32 Å². The van der Waals surface area contributed by atoms with Crippen molar-refractivity contribution in [2.75, 3.05) is 13.2 Å². The van der Waals surface area contributed by atoms with Crippen molar-refractivity contribution < 1.29 is 5.11 Å². The molecule has 0 bridgehead atoms. The average Bonchev–Trinajstić information content (AvgIpc) is 2.57. The predicted octanol–water partition coefficient (Wildman–Crippen LogP) is 2.02. The van der Waals surface area contributed by atoms with Gasteiger partial charge in [-0.3, -0.25) is 0 Å². The lowest BCUT2D eigenvalue weighted by Gasteiger charge is -2.12. The zero-order valence-electron chi connectivity index (χ0n) is 7.96. The molecule has 1 aliphatic carbocycles. The number of hydrogen-bond donors (Lipinski definition) is 2. The predicted molar refractivity (Wildman–Crippen MR) is 60.3 cm³/mol. The summed E-state index contributed by atoms with van der Waals surface area (Å²) in [7, 11) is 0. The molecule has 0 amide bonds. The van der Waals surface area contributed by atoms with Crippen LogP contribution in [0.1, 0.15) is 23.6 Å². The number of rotatable bonds is 3. The molecule has 1 atom stereocenters. The van der Waals surface area contributed by atoms with Crippen molar-refractivity contribution in [3.05, 3.63) is 33.8 Å². The van der Waals surface area contributed by atoms with Gasteiger partial charge in [0, 0.05) is 17.1 Å². The monoisotopic (exact) mass is 255 g/mol. The summed E-state index contributed by atoms with van der Waals surface area (Å²) in [6.07, 6.45) is 2.29. The number of nitrogens with one attached hydrogen (secondary N) is 1. The maximum absolute atomic E-state index is 8.76. The summed E-state index contributed by atoms with van der Waals surface area (Å²) in [5.74, 6) is 0. The van der Waals surface area contributed by atoms with E-state index in [0.717, 1.165) is 17.3 Å². The van der Waals surface area contributed by atoms with E-state index in [1.807, 2.05) is 0 Å². The molecule has 0 fully saturated rings. The molecule has 2 N–H and O–H groups in total. The number of aliphatic hydroxyl groups is 1. The van der Waals surface area contributed by atoms with Crippen LogP contribution in [-0.2, 0) is 6.42 Å². The lowest BCUT2D eigenvalue weighted by atomic mass is 10.1. The third-order valence-electron chi connectivity index (χ3n) is 2.69. The van der Waals surface area contributed by atoms with Gasteiger partial charge in [-0.15, -0.1) is 0 Å². The summed E-state index contributed by atoms with van der Waals surface area (Å²) in [5.41, 5.74) is 2.82. The summed E-state index contributed by atoms with van der Waals surface area (Å²) in [6.45, 7) is 0.885. The van der Waals surface area contributed by atoms with Crippen LogP contribution in [0.3, 0.4) is 0 Å². The molecule has 0 saturated carbocycles. The number of aliphatic hydroxyl groups excluding tert-OH is 1. The Morgan fingerprint density at radius 2 is 2.36 bits per heavy atom. The van der Waals surface area contributed by atoms with E-state index in [4.69, 9.17) is 5.11 Å². The Kier molecular flexibility index (Phi) is 3.21. The summed E-state index contributed by atoms with van der Waals surface area (Å²) in [6, 6.07) is 6.87. The number of benzene rings is 1. The van der Waals surface area contributed by atoms with E-state index in [1.165, 1.54) is 11.1 Å². The molecule has 2 rings (SSSR count). The first-order valence-corrected chi connectivity index (χ1v) is 5.73. The van der Waals surface area contributed by atoms with E-state index < -0.39 is 0 Å². The zero-order valence-corrected chi connectivity index (χ0v) is 9.55. The normalized spacial score (nSPS) is 19.7. The number of hydrogen-bond acceptors (Lipinski definition) is 2. The minimum atomic E-state index is 0.208. The van der Waals surface area contributed by atoms with Crippen molar-refractivity contribution in [2.45, 2.75) is 18.9 Å².